The van der Waals surface area contributed by atoms with Crippen molar-refractivity contribution in [1.82, 2.24) is 4.90 Å². The molecule has 2 rings (SSSR count). The van der Waals surface area contributed by atoms with E-state index in [2.05, 4.69) is 18.8 Å². The van der Waals surface area contributed by atoms with Crippen LogP contribution in [0, 0.1) is 11.8 Å². The van der Waals surface area contributed by atoms with Crippen molar-refractivity contribution >= 4 is 23.6 Å². The zero-order valence-electron chi connectivity index (χ0n) is 11.5. The molecule has 0 aromatic heterocycles. The van der Waals surface area contributed by atoms with E-state index >= 15 is 0 Å². The summed E-state index contributed by atoms with van der Waals surface area (Å²) < 4.78 is 0. The van der Waals surface area contributed by atoms with Crippen molar-refractivity contribution in [2.75, 3.05) is 18.1 Å². The lowest BCUT2D eigenvalue weighted by molar-refractivity contribution is 0.0675. The Hall–Kier alpha value is -1.73. The molecule has 0 bridgehead atoms. The van der Waals surface area contributed by atoms with Crippen LogP contribution in [0.1, 0.15) is 40.5 Å². The summed E-state index contributed by atoms with van der Waals surface area (Å²) >= 11 is 1.79. The van der Waals surface area contributed by atoms with Crippen LogP contribution in [0.3, 0.4) is 0 Å². The number of carbonyl (C=O) groups is 2. The van der Waals surface area contributed by atoms with E-state index in [1.807, 2.05) is 0 Å². The Kier molecular flexibility index (Phi) is 5.25. The van der Waals surface area contributed by atoms with E-state index in [1.165, 1.54) is 17.7 Å². The average Bonchev–Trinajstić information content (AvgIpc) is 2.71. The van der Waals surface area contributed by atoms with Crippen molar-refractivity contribution in [3.05, 3.63) is 35.4 Å². The molecule has 0 aliphatic carbocycles. The normalized spacial score (nSPS) is 13.2. The van der Waals surface area contributed by atoms with Gasteiger partial charge in [-0.25, -0.2) is 0 Å². The number of fused-ring (bicyclic) bond motifs is 1. The number of nitrogens with zero attached hydrogens (tertiary/aromatic N) is 1. The van der Waals surface area contributed by atoms with Crippen LogP contribution in [0.25, 0.3) is 0 Å². The second-order valence-corrected chi connectivity index (χ2v) is 5.61. The van der Waals surface area contributed by atoms with E-state index in [-0.39, 0.29) is 18.4 Å². The van der Waals surface area contributed by atoms with Crippen molar-refractivity contribution in [3.8, 4) is 11.8 Å². The van der Waals surface area contributed by atoms with E-state index in [1.54, 1.807) is 36.0 Å². The predicted molar refractivity (Wildman–Crippen MR) is 81.8 cm³/mol. The molecule has 0 unspecified atom stereocenters. The van der Waals surface area contributed by atoms with Crippen LogP contribution in [-0.4, -0.2) is 34.8 Å². The van der Waals surface area contributed by atoms with Gasteiger partial charge in [-0.2, -0.15) is 0 Å². The summed E-state index contributed by atoms with van der Waals surface area (Å²) in [5.41, 5.74) is 0.966. The van der Waals surface area contributed by atoms with Gasteiger partial charge in [0.25, 0.3) is 11.8 Å². The molecule has 3 nitrogen and oxygen atoms in total. The second kappa shape index (κ2) is 7.16. The lowest BCUT2D eigenvalue weighted by Crippen LogP contribution is -2.30. The topological polar surface area (TPSA) is 37.4 Å². The van der Waals surface area contributed by atoms with Crippen LogP contribution in [0.4, 0.5) is 0 Å². The minimum atomic E-state index is -0.237. The van der Waals surface area contributed by atoms with Gasteiger partial charge in [-0.1, -0.05) is 37.3 Å². The monoisotopic (exact) mass is 287 g/mol. The third-order valence-corrected chi connectivity index (χ3v) is 3.98. The molecule has 1 aromatic carbocycles. The number of unbranched alkanes of at least 4 members (excludes halogenated alkanes) is 1. The first-order valence-electron chi connectivity index (χ1n) is 6.74. The summed E-state index contributed by atoms with van der Waals surface area (Å²) in [5.74, 6) is 7.31. The standard InChI is InChI=1S/C16H17NO2S/c1-2-3-11-20-12-7-6-10-17-15(18)13-8-4-5-9-14(13)16(17)19/h4-5,8-9H,2-3,10-12H2,1H3. The summed E-state index contributed by atoms with van der Waals surface area (Å²) in [6, 6.07) is 6.90. The maximum atomic E-state index is 12.0. The van der Waals surface area contributed by atoms with Gasteiger partial charge in [-0.05, 0) is 24.3 Å². The van der Waals surface area contributed by atoms with Crippen molar-refractivity contribution in [3.63, 3.8) is 0 Å². The first-order chi connectivity index (χ1) is 9.75. The molecule has 1 aliphatic rings. The molecule has 0 N–H and O–H groups in total. The molecular formula is C16H17NO2S. The number of amides is 2. The van der Waals surface area contributed by atoms with Gasteiger partial charge >= 0.3 is 0 Å². The molecule has 0 spiro atoms. The number of rotatable bonds is 5. The van der Waals surface area contributed by atoms with Gasteiger partial charge in [0.1, 0.15) is 0 Å². The van der Waals surface area contributed by atoms with Crippen LogP contribution in [0.2, 0.25) is 0 Å². The molecule has 0 radical (unpaired) electrons. The number of thioether (sulfide) groups is 1. The fourth-order valence-corrected chi connectivity index (χ4v) is 2.78. The molecule has 1 aromatic rings. The van der Waals surface area contributed by atoms with E-state index in [0.29, 0.717) is 11.1 Å². The first kappa shape index (κ1) is 14.7. The highest BCUT2D eigenvalue weighted by Crippen LogP contribution is 2.21. The maximum Gasteiger partial charge on any atom is 0.262 e. The molecule has 4 heteroatoms. The van der Waals surface area contributed by atoms with Gasteiger partial charge in [-0.3, -0.25) is 14.5 Å². The van der Waals surface area contributed by atoms with E-state index in [0.717, 1.165) is 11.5 Å². The molecule has 2 amide bonds. The highest BCUT2D eigenvalue weighted by Gasteiger charge is 2.34. The van der Waals surface area contributed by atoms with Crippen molar-refractivity contribution < 1.29 is 9.59 Å². The van der Waals surface area contributed by atoms with E-state index in [4.69, 9.17) is 0 Å². The Balaban J connectivity index is 1.88. The van der Waals surface area contributed by atoms with Crippen molar-refractivity contribution in [2.45, 2.75) is 19.8 Å². The second-order valence-electron chi connectivity index (χ2n) is 4.50. The van der Waals surface area contributed by atoms with Crippen LogP contribution in [0.5, 0.6) is 0 Å². The van der Waals surface area contributed by atoms with Gasteiger partial charge in [0.15, 0.2) is 0 Å². The Morgan fingerprint density at radius 2 is 1.75 bits per heavy atom. The third-order valence-electron chi connectivity index (χ3n) is 3.06. The zero-order chi connectivity index (χ0) is 14.4. The van der Waals surface area contributed by atoms with Crippen LogP contribution < -0.4 is 0 Å². The van der Waals surface area contributed by atoms with Crippen LogP contribution >= 0.6 is 11.8 Å². The quantitative estimate of drug-likeness (QED) is 0.475. The molecule has 0 saturated carbocycles. The summed E-state index contributed by atoms with van der Waals surface area (Å²) in [6.07, 6.45) is 2.39. The Labute approximate surface area is 123 Å². The Morgan fingerprint density at radius 3 is 2.35 bits per heavy atom. The van der Waals surface area contributed by atoms with Gasteiger partial charge in [0.2, 0.25) is 0 Å². The van der Waals surface area contributed by atoms with Crippen LogP contribution in [-0.2, 0) is 0 Å². The molecule has 104 valence electrons. The molecule has 1 heterocycles. The number of carbonyl (C=O) groups excluding carboxylic acids is 2. The fraction of sp³-hybridized carbons (Fsp3) is 0.375. The largest absolute Gasteiger partial charge is 0.269 e. The lowest BCUT2D eigenvalue weighted by atomic mass is 10.1. The predicted octanol–water partition coefficient (Wildman–Crippen LogP) is 2.82. The molecule has 0 atom stereocenters. The molecule has 0 saturated heterocycles. The van der Waals surface area contributed by atoms with Gasteiger partial charge in [-0.15, -0.1) is 11.8 Å². The summed E-state index contributed by atoms with van der Waals surface area (Å²) in [4.78, 5) is 25.3. The third kappa shape index (κ3) is 3.23. The zero-order valence-corrected chi connectivity index (χ0v) is 12.3. The average molecular weight is 287 g/mol. The molecule has 1 aliphatic heterocycles. The van der Waals surface area contributed by atoms with Gasteiger partial charge in [0, 0.05) is 0 Å². The maximum absolute atomic E-state index is 12.0. The molecular weight excluding hydrogens is 270 g/mol. The summed E-state index contributed by atoms with van der Waals surface area (Å²) in [7, 11) is 0. The first-order valence-corrected chi connectivity index (χ1v) is 7.90. The van der Waals surface area contributed by atoms with Crippen LogP contribution in [0.15, 0.2) is 24.3 Å². The van der Waals surface area contributed by atoms with Crippen molar-refractivity contribution in [2.24, 2.45) is 0 Å². The number of hydrogen-bond donors (Lipinski definition) is 0. The fourth-order valence-electron chi connectivity index (χ4n) is 1.94. The number of benzene rings is 1. The molecule has 0 fully saturated rings. The van der Waals surface area contributed by atoms with Gasteiger partial charge < -0.3 is 0 Å². The summed E-state index contributed by atoms with van der Waals surface area (Å²) in [6.45, 7) is 2.34. The summed E-state index contributed by atoms with van der Waals surface area (Å²) in [5, 5.41) is 0. The highest BCUT2D eigenvalue weighted by atomic mass is 32.2. The molecule has 20 heavy (non-hydrogen) atoms. The number of hydrogen-bond acceptors (Lipinski definition) is 3. The van der Waals surface area contributed by atoms with E-state index in [9.17, 15) is 9.59 Å². The highest BCUT2D eigenvalue weighted by molar-refractivity contribution is 7.99. The van der Waals surface area contributed by atoms with Crippen molar-refractivity contribution in [1.29, 1.82) is 0 Å². The lowest BCUT2D eigenvalue weighted by Gasteiger charge is -2.08. The SMILES string of the molecule is CCCCSCC#CCN1C(=O)c2ccccc2C1=O. The smallest absolute Gasteiger partial charge is 0.262 e. The van der Waals surface area contributed by atoms with Gasteiger partial charge in [0.05, 0.1) is 23.4 Å². The van der Waals surface area contributed by atoms with E-state index < -0.39 is 0 Å². The number of imide groups is 1. The minimum absolute atomic E-state index is 0.181. The Morgan fingerprint density at radius 1 is 1.10 bits per heavy atom. The minimum Gasteiger partial charge on any atom is -0.269 e. The Bertz CT molecular complexity index is 536.